The molecule has 2 amide bonds. The molecule has 2 N–H and O–H groups in total. The third-order valence-electron chi connectivity index (χ3n) is 3.15. The van der Waals surface area contributed by atoms with Crippen LogP contribution >= 0.6 is 11.6 Å². The van der Waals surface area contributed by atoms with Gasteiger partial charge in [-0.2, -0.15) is 0 Å². The van der Waals surface area contributed by atoms with Crippen LogP contribution < -0.4 is 10.6 Å². The Bertz CT molecular complexity index is 501. The summed E-state index contributed by atoms with van der Waals surface area (Å²) in [6.45, 7) is 0.901. The topological polar surface area (TPSA) is 76.7 Å². The maximum absolute atomic E-state index is 11.6. The van der Waals surface area contributed by atoms with Crippen LogP contribution in [-0.2, 0) is 19.1 Å². The molecule has 1 saturated heterocycles. The molecule has 1 aliphatic rings. The molecule has 1 aromatic rings. The molecule has 1 fully saturated rings. The Morgan fingerprint density at radius 2 is 1.95 bits per heavy atom. The molecule has 0 radical (unpaired) electrons. The monoisotopic (exact) mass is 326 g/mol. The van der Waals surface area contributed by atoms with Gasteiger partial charge in [-0.15, -0.1) is 0 Å². The summed E-state index contributed by atoms with van der Waals surface area (Å²) in [4.78, 5) is 23.2. The van der Waals surface area contributed by atoms with Crippen LogP contribution in [0.3, 0.4) is 0 Å². The van der Waals surface area contributed by atoms with Gasteiger partial charge in [0.2, 0.25) is 11.8 Å². The fraction of sp³-hybridized carbons (Fsp3) is 0.467. The van der Waals surface area contributed by atoms with Crippen molar-refractivity contribution < 1.29 is 19.1 Å². The first-order chi connectivity index (χ1) is 10.6. The van der Waals surface area contributed by atoms with Crippen LogP contribution in [0.4, 0.5) is 5.69 Å². The fourth-order valence-electron chi connectivity index (χ4n) is 2.05. The van der Waals surface area contributed by atoms with E-state index in [-0.39, 0.29) is 31.1 Å². The Labute approximate surface area is 134 Å². The van der Waals surface area contributed by atoms with Crippen molar-refractivity contribution in [2.24, 2.45) is 0 Å². The zero-order valence-electron chi connectivity index (χ0n) is 12.1. The normalized spacial score (nSPS) is 17.2. The van der Waals surface area contributed by atoms with Gasteiger partial charge in [-0.3, -0.25) is 9.59 Å². The van der Waals surface area contributed by atoms with Crippen molar-refractivity contribution in [3.05, 3.63) is 29.3 Å². The average molecular weight is 327 g/mol. The van der Waals surface area contributed by atoms with Crippen molar-refractivity contribution in [2.75, 3.05) is 31.7 Å². The van der Waals surface area contributed by atoms with Gasteiger partial charge in [-0.25, -0.2) is 0 Å². The van der Waals surface area contributed by atoms with Crippen molar-refractivity contribution in [3.63, 3.8) is 0 Å². The van der Waals surface area contributed by atoms with Crippen molar-refractivity contribution >= 4 is 29.1 Å². The van der Waals surface area contributed by atoms with E-state index >= 15 is 0 Å². The predicted molar refractivity (Wildman–Crippen MR) is 82.9 cm³/mol. The van der Waals surface area contributed by atoms with E-state index in [0.29, 0.717) is 17.3 Å². The molecule has 0 bridgehead atoms. The second-order valence-corrected chi connectivity index (χ2v) is 5.42. The second-order valence-electron chi connectivity index (χ2n) is 4.99. The molecule has 0 saturated carbocycles. The largest absolute Gasteiger partial charge is 0.376 e. The van der Waals surface area contributed by atoms with Crippen molar-refractivity contribution in [2.45, 2.75) is 18.9 Å². The van der Waals surface area contributed by atoms with Gasteiger partial charge in [0.25, 0.3) is 0 Å². The molecule has 1 heterocycles. The minimum absolute atomic E-state index is 0.0946. The molecule has 6 nitrogen and oxygen atoms in total. The van der Waals surface area contributed by atoms with Crippen LogP contribution in [0.15, 0.2) is 24.3 Å². The molecule has 0 aromatic heterocycles. The first kappa shape index (κ1) is 16.7. The third kappa shape index (κ3) is 6.01. The minimum atomic E-state index is -0.325. The van der Waals surface area contributed by atoms with Gasteiger partial charge in [0.15, 0.2) is 0 Å². The smallest absolute Gasteiger partial charge is 0.250 e. The van der Waals surface area contributed by atoms with E-state index in [1.54, 1.807) is 24.3 Å². The molecule has 1 atom stereocenters. The predicted octanol–water partition coefficient (Wildman–Crippen LogP) is 1.59. The van der Waals surface area contributed by atoms with Crippen molar-refractivity contribution in [1.82, 2.24) is 5.32 Å². The summed E-state index contributed by atoms with van der Waals surface area (Å²) in [5.41, 5.74) is 0.626. The highest BCUT2D eigenvalue weighted by molar-refractivity contribution is 6.30. The first-order valence-electron chi connectivity index (χ1n) is 7.15. The third-order valence-corrected chi connectivity index (χ3v) is 3.40. The van der Waals surface area contributed by atoms with Crippen LogP contribution in [0.5, 0.6) is 0 Å². The molecule has 2 rings (SSSR count). The standard InChI is InChI=1S/C15H19ClN2O4/c16-11-3-5-12(6-4-11)18-15(20)10-21-9-14(19)17-8-13-2-1-7-22-13/h3-6,13H,1-2,7-10H2,(H,17,19)(H,18,20). The van der Waals surface area contributed by atoms with Gasteiger partial charge in [-0.1, -0.05) is 11.6 Å². The number of carbonyl (C=O) groups excluding carboxylic acids is 2. The van der Waals surface area contributed by atoms with Gasteiger partial charge in [0.05, 0.1) is 6.10 Å². The summed E-state index contributed by atoms with van der Waals surface area (Å²) in [7, 11) is 0. The molecule has 120 valence electrons. The Hall–Kier alpha value is -1.63. The van der Waals surface area contributed by atoms with E-state index in [2.05, 4.69) is 10.6 Å². The van der Waals surface area contributed by atoms with Crippen LogP contribution in [-0.4, -0.2) is 44.3 Å². The summed E-state index contributed by atoms with van der Waals surface area (Å²) < 4.78 is 10.5. The van der Waals surface area contributed by atoms with Gasteiger partial charge in [0, 0.05) is 23.9 Å². The molecule has 0 spiro atoms. The zero-order chi connectivity index (χ0) is 15.8. The molecule has 1 unspecified atom stereocenters. The number of benzene rings is 1. The number of anilines is 1. The molecule has 22 heavy (non-hydrogen) atoms. The molecule has 0 aliphatic carbocycles. The summed E-state index contributed by atoms with van der Waals surface area (Å²) in [6.07, 6.45) is 2.09. The molecule has 1 aliphatic heterocycles. The highest BCUT2D eigenvalue weighted by Gasteiger charge is 2.16. The number of halogens is 1. The van der Waals surface area contributed by atoms with E-state index in [0.717, 1.165) is 19.4 Å². The number of rotatable bonds is 7. The Morgan fingerprint density at radius 1 is 1.23 bits per heavy atom. The lowest BCUT2D eigenvalue weighted by atomic mass is 10.2. The lowest BCUT2D eigenvalue weighted by Gasteiger charge is -2.11. The quantitative estimate of drug-likeness (QED) is 0.797. The number of hydrogen-bond acceptors (Lipinski definition) is 4. The highest BCUT2D eigenvalue weighted by Crippen LogP contribution is 2.13. The number of nitrogens with one attached hydrogen (secondary N) is 2. The molecule has 1 aromatic carbocycles. The van der Waals surface area contributed by atoms with Crippen LogP contribution in [0.25, 0.3) is 0 Å². The van der Waals surface area contributed by atoms with Crippen LogP contribution in [0, 0.1) is 0 Å². The number of ether oxygens (including phenoxy) is 2. The summed E-state index contributed by atoms with van der Waals surface area (Å²) >= 11 is 5.75. The Morgan fingerprint density at radius 3 is 2.64 bits per heavy atom. The zero-order valence-corrected chi connectivity index (χ0v) is 12.9. The van der Waals surface area contributed by atoms with Gasteiger partial charge in [-0.05, 0) is 37.1 Å². The van der Waals surface area contributed by atoms with E-state index < -0.39 is 0 Å². The van der Waals surface area contributed by atoms with Crippen LogP contribution in [0.2, 0.25) is 5.02 Å². The van der Waals surface area contributed by atoms with E-state index in [9.17, 15) is 9.59 Å². The summed E-state index contributed by atoms with van der Waals surface area (Å²) in [5.74, 6) is -0.580. The second kappa shape index (κ2) is 8.73. The van der Waals surface area contributed by atoms with Crippen LogP contribution in [0.1, 0.15) is 12.8 Å². The van der Waals surface area contributed by atoms with Crippen molar-refractivity contribution in [3.8, 4) is 0 Å². The van der Waals surface area contributed by atoms with E-state index in [1.165, 1.54) is 0 Å². The lowest BCUT2D eigenvalue weighted by molar-refractivity contribution is -0.129. The molecule has 7 heteroatoms. The number of carbonyl (C=O) groups is 2. The Balaban J connectivity index is 1.57. The van der Waals surface area contributed by atoms with E-state index in [1.807, 2.05) is 0 Å². The average Bonchev–Trinajstić information content (AvgIpc) is 3.01. The van der Waals surface area contributed by atoms with Crippen molar-refractivity contribution in [1.29, 1.82) is 0 Å². The lowest BCUT2D eigenvalue weighted by Crippen LogP contribution is -2.35. The summed E-state index contributed by atoms with van der Waals surface area (Å²) in [5, 5.41) is 5.96. The van der Waals surface area contributed by atoms with Gasteiger partial charge >= 0.3 is 0 Å². The fourth-order valence-corrected chi connectivity index (χ4v) is 2.18. The van der Waals surface area contributed by atoms with Gasteiger partial charge in [0.1, 0.15) is 13.2 Å². The summed E-state index contributed by atoms with van der Waals surface area (Å²) in [6, 6.07) is 6.73. The first-order valence-corrected chi connectivity index (χ1v) is 7.53. The molecular formula is C15H19ClN2O4. The number of hydrogen-bond donors (Lipinski definition) is 2. The minimum Gasteiger partial charge on any atom is -0.376 e. The SMILES string of the molecule is O=C(COCC(=O)Nc1ccc(Cl)cc1)NCC1CCCO1. The highest BCUT2D eigenvalue weighted by atomic mass is 35.5. The van der Waals surface area contributed by atoms with E-state index in [4.69, 9.17) is 21.1 Å². The maximum atomic E-state index is 11.6. The maximum Gasteiger partial charge on any atom is 0.250 e. The number of amides is 2. The Kier molecular flexibility index (Phi) is 6.64. The molecular weight excluding hydrogens is 308 g/mol. The van der Waals surface area contributed by atoms with Gasteiger partial charge < -0.3 is 20.1 Å².